The predicted octanol–water partition coefficient (Wildman–Crippen LogP) is 6.73. The zero-order chi connectivity index (χ0) is 18.6. The van der Waals surface area contributed by atoms with Crippen molar-refractivity contribution in [2.45, 2.75) is 62.1 Å². The molecule has 26 heavy (non-hydrogen) atoms. The standard InChI is InChI=1S/C20H28Cl2N2OS/c1-2-3-4-5-6-7-12-25-15-18(14-24-11-10-23-16-24)26-20-9-8-17(21)13-19(20)22/h8-11,13,16,18H,2-7,12,14-15H2,1H3. The highest BCUT2D eigenvalue weighted by molar-refractivity contribution is 8.00. The van der Waals surface area contributed by atoms with Gasteiger partial charge in [0, 0.05) is 35.5 Å². The molecule has 0 fully saturated rings. The van der Waals surface area contributed by atoms with Crippen LogP contribution in [0, 0.1) is 0 Å². The molecule has 1 heterocycles. The van der Waals surface area contributed by atoms with Crippen LogP contribution in [0.1, 0.15) is 45.4 Å². The Bertz CT molecular complexity index is 622. The van der Waals surface area contributed by atoms with Crippen LogP contribution in [0.15, 0.2) is 41.8 Å². The molecule has 2 aromatic rings. The Morgan fingerprint density at radius 1 is 1.15 bits per heavy atom. The molecule has 0 N–H and O–H groups in total. The highest BCUT2D eigenvalue weighted by Gasteiger charge is 2.14. The molecule has 0 amide bonds. The molecular weight excluding hydrogens is 387 g/mol. The summed E-state index contributed by atoms with van der Waals surface area (Å²) in [4.78, 5) is 5.16. The van der Waals surface area contributed by atoms with Crippen LogP contribution in [0.25, 0.3) is 0 Å². The third kappa shape index (κ3) is 8.34. The summed E-state index contributed by atoms with van der Waals surface area (Å²) < 4.78 is 8.04. The number of hydrogen-bond donors (Lipinski definition) is 0. The molecule has 3 nitrogen and oxygen atoms in total. The quantitative estimate of drug-likeness (QED) is 0.268. The largest absolute Gasteiger partial charge is 0.380 e. The maximum Gasteiger partial charge on any atom is 0.0946 e. The Labute approximate surface area is 171 Å². The van der Waals surface area contributed by atoms with Crippen molar-refractivity contribution in [2.24, 2.45) is 0 Å². The number of unbranched alkanes of at least 4 members (excludes halogenated alkanes) is 5. The number of aromatic nitrogens is 2. The Morgan fingerprint density at radius 3 is 2.69 bits per heavy atom. The first-order chi connectivity index (χ1) is 12.7. The summed E-state index contributed by atoms with van der Waals surface area (Å²) >= 11 is 14.1. The lowest BCUT2D eigenvalue weighted by Crippen LogP contribution is -2.19. The number of hydrogen-bond acceptors (Lipinski definition) is 3. The highest BCUT2D eigenvalue weighted by atomic mass is 35.5. The minimum atomic E-state index is 0.267. The molecule has 144 valence electrons. The Kier molecular flexibility index (Phi) is 10.5. The molecule has 0 bridgehead atoms. The van der Waals surface area contributed by atoms with Crippen LogP contribution in [0.5, 0.6) is 0 Å². The summed E-state index contributed by atoms with van der Waals surface area (Å²) in [7, 11) is 0. The molecule has 0 aliphatic carbocycles. The van der Waals surface area contributed by atoms with Gasteiger partial charge in [0.05, 0.1) is 23.2 Å². The molecule has 0 saturated heterocycles. The minimum Gasteiger partial charge on any atom is -0.380 e. The Balaban J connectivity index is 1.80. The predicted molar refractivity (Wildman–Crippen MR) is 113 cm³/mol. The summed E-state index contributed by atoms with van der Waals surface area (Å²) in [6.07, 6.45) is 13.3. The SMILES string of the molecule is CCCCCCCCOCC(Cn1ccnc1)Sc1ccc(Cl)cc1Cl. The minimum absolute atomic E-state index is 0.267. The van der Waals surface area contributed by atoms with Crippen LogP contribution in [-0.4, -0.2) is 28.0 Å². The highest BCUT2D eigenvalue weighted by Crippen LogP contribution is 2.33. The summed E-state index contributed by atoms with van der Waals surface area (Å²) in [6, 6.07) is 5.64. The fourth-order valence-corrected chi connectivity index (χ4v) is 4.33. The van der Waals surface area contributed by atoms with Crippen LogP contribution in [0.3, 0.4) is 0 Å². The van der Waals surface area contributed by atoms with Gasteiger partial charge in [0.25, 0.3) is 0 Å². The zero-order valence-electron chi connectivity index (χ0n) is 15.4. The van der Waals surface area contributed by atoms with Crippen LogP contribution in [0.4, 0.5) is 0 Å². The second kappa shape index (κ2) is 12.7. The van der Waals surface area contributed by atoms with Gasteiger partial charge in [-0.15, -0.1) is 11.8 Å². The average Bonchev–Trinajstić information content (AvgIpc) is 3.12. The summed E-state index contributed by atoms with van der Waals surface area (Å²) in [5, 5.41) is 1.61. The normalized spacial score (nSPS) is 12.4. The van der Waals surface area contributed by atoms with Crippen molar-refractivity contribution >= 4 is 35.0 Å². The summed E-state index contributed by atoms with van der Waals surface area (Å²) in [5.74, 6) is 0. The van der Waals surface area contributed by atoms with Crippen molar-refractivity contribution < 1.29 is 4.74 Å². The number of halogens is 2. The maximum absolute atomic E-state index is 6.33. The third-order valence-electron chi connectivity index (χ3n) is 4.11. The number of imidazole rings is 1. The zero-order valence-corrected chi connectivity index (χ0v) is 17.7. The van der Waals surface area contributed by atoms with E-state index < -0.39 is 0 Å². The fourth-order valence-electron chi connectivity index (χ4n) is 2.70. The van der Waals surface area contributed by atoms with Crippen molar-refractivity contribution in [3.8, 4) is 0 Å². The van der Waals surface area contributed by atoms with Crippen LogP contribution in [-0.2, 0) is 11.3 Å². The van der Waals surface area contributed by atoms with E-state index in [1.54, 1.807) is 24.0 Å². The second-order valence-electron chi connectivity index (χ2n) is 6.42. The summed E-state index contributed by atoms with van der Waals surface area (Å²) in [6.45, 7) is 4.59. The van der Waals surface area contributed by atoms with Gasteiger partial charge in [0.1, 0.15) is 0 Å². The van der Waals surface area contributed by atoms with Crippen molar-refractivity contribution in [1.29, 1.82) is 0 Å². The van der Waals surface area contributed by atoms with Crippen molar-refractivity contribution in [3.05, 3.63) is 47.0 Å². The van der Waals surface area contributed by atoms with Gasteiger partial charge >= 0.3 is 0 Å². The first-order valence-electron chi connectivity index (χ1n) is 9.34. The van der Waals surface area contributed by atoms with Gasteiger partial charge in [-0.2, -0.15) is 0 Å². The third-order valence-corrected chi connectivity index (χ3v) is 6.00. The lowest BCUT2D eigenvalue weighted by Gasteiger charge is -2.18. The van der Waals surface area contributed by atoms with E-state index in [9.17, 15) is 0 Å². The van der Waals surface area contributed by atoms with Crippen molar-refractivity contribution in [3.63, 3.8) is 0 Å². The lowest BCUT2D eigenvalue weighted by atomic mass is 10.1. The van der Waals surface area contributed by atoms with E-state index in [0.717, 1.165) is 24.5 Å². The van der Waals surface area contributed by atoms with E-state index in [2.05, 4.69) is 16.5 Å². The van der Waals surface area contributed by atoms with Gasteiger partial charge in [-0.25, -0.2) is 4.98 Å². The van der Waals surface area contributed by atoms with Gasteiger partial charge < -0.3 is 9.30 Å². The van der Waals surface area contributed by atoms with Crippen LogP contribution >= 0.6 is 35.0 Å². The van der Waals surface area contributed by atoms with Gasteiger partial charge in [0.15, 0.2) is 0 Å². The smallest absolute Gasteiger partial charge is 0.0946 e. The fraction of sp³-hybridized carbons (Fsp3) is 0.550. The monoisotopic (exact) mass is 414 g/mol. The first kappa shape index (κ1) is 21.6. The topological polar surface area (TPSA) is 27.1 Å². The van der Waals surface area contributed by atoms with Crippen molar-refractivity contribution in [1.82, 2.24) is 9.55 Å². The Hall–Kier alpha value is -0.680. The van der Waals surface area contributed by atoms with Crippen molar-refractivity contribution in [2.75, 3.05) is 13.2 Å². The number of nitrogens with zero attached hydrogens (tertiary/aromatic N) is 2. The number of benzene rings is 1. The van der Waals surface area contributed by atoms with Crippen LogP contribution < -0.4 is 0 Å². The number of ether oxygens (including phenoxy) is 1. The molecule has 0 saturated carbocycles. The maximum atomic E-state index is 6.33. The van der Waals surface area contributed by atoms with E-state index >= 15 is 0 Å². The number of rotatable bonds is 13. The van der Waals surface area contributed by atoms with Gasteiger partial charge in [-0.1, -0.05) is 62.2 Å². The molecule has 6 heteroatoms. The molecule has 1 aromatic carbocycles. The van der Waals surface area contributed by atoms with Gasteiger partial charge in [-0.3, -0.25) is 0 Å². The molecular formula is C20H28Cl2N2OS. The van der Waals surface area contributed by atoms with Gasteiger partial charge in [-0.05, 0) is 24.6 Å². The number of thioether (sulfide) groups is 1. The van der Waals surface area contributed by atoms with E-state index in [0.29, 0.717) is 16.7 Å². The molecule has 0 aliphatic heterocycles. The van der Waals surface area contributed by atoms with E-state index in [-0.39, 0.29) is 5.25 Å². The average molecular weight is 415 g/mol. The van der Waals surface area contributed by atoms with E-state index in [1.165, 1.54) is 32.1 Å². The summed E-state index contributed by atoms with van der Waals surface area (Å²) in [5.41, 5.74) is 0. The Morgan fingerprint density at radius 2 is 1.96 bits per heavy atom. The van der Waals surface area contributed by atoms with E-state index in [1.807, 2.05) is 24.7 Å². The molecule has 1 aromatic heterocycles. The molecule has 1 atom stereocenters. The lowest BCUT2D eigenvalue weighted by molar-refractivity contribution is 0.128. The van der Waals surface area contributed by atoms with E-state index in [4.69, 9.17) is 27.9 Å². The second-order valence-corrected chi connectivity index (χ2v) is 8.60. The van der Waals surface area contributed by atoms with Gasteiger partial charge in [0.2, 0.25) is 0 Å². The first-order valence-corrected chi connectivity index (χ1v) is 11.0. The molecule has 0 radical (unpaired) electrons. The van der Waals surface area contributed by atoms with Crippen LogP contribution in [0.2, 0.25) is 10.0 Å². The molecule has 1 unspecified atom stereocenters. The molecule has 0 aliphatic rings. The molecule has 0 spiro atoms. The molecule has 2 rings (SSSR count).